The molecular formula is C15H11N. The van der Waals surface area contributed by atoms with Crippen molar-refractivity contribution in [3.63, 3.8) is 0 Å². The Kier molecular flexibility index (Phi) is 1.41. The molecular weight excluding hydrogens is 194 g/mol. The van der Waals surface area contributed by atoms with Crippen molar-refractivity contribution in [2.75, 3.05) is 5.32 Å². The van der Waals surface area contributed by atoms with Gasteiger partial charge in [-0.2, -0.15) is 0 Å². The summed E-state index contributed by atoms with van der Waals surface area (Å²) in [5, 5.41) is 6.19. The molecule has 1 nitrogen and oxygen atoms in total. The van der Waals surface area contributed by atoms with Gasteiger partial charge in [0.25, 0.3) is 0 Å². The van der Waals surface area contributed by atoms with E-state index in [0.717, 1.165) is 6.42 Å². The summed E-state index contributed by atoms with van der Waals surface area (Å²) in [6.07, 6.45) is 12.0. The Morgan fingerprint density at radius 3 is 3.06 bits per heavy atom. The van der Waals surface area contributed by atoms with Gasteiger partial charge in [0, 0.05) is 17.0 Å². The Balaban J connectivity index is 2.28. The van der Waals surface area contributed by atoms with E-state index in [1.165, 1.54) is 33.0 Å². The summed E-state index contributed by atoms with van der Waals surface area (Å²) in [7, 11) is 0. The molecule has 16 heavy (non-hydrogen) atoms. The average molecular weight is 205 g/mol. The molecule has 2 aliphatic carbocycles. The summed E-state index contributed by atoms with van der Waals surface area (Å²) in [5.41, 5.74) is 5.21. The quantitative estimate of drug-likeness (QED) is 0.681. The van der Waals surface area contributed by atoms with Crippen LogP contribution in [0.4, 0.5) is 5.69 Å². The molecule has 1 heteroatoms. The first-order valence-corrected chi connectivity index (χ1v) is 5.62. The molecule has 1 N–H and O–H groups in total. The van der Waals surface area contributed by atoms with E-state index < -0.39 is 0 Å². The molecule has 1 aromatic rings. The number of allylic oxidation sites excluding steroid dienone is 5. The Hall–Kier alpha value is -2.02. The molecule has 0 unspecified atom stereocenters. The normalized spacial score (nSPS) is 19.1. The van der Waals surface area contributed by atoms with Gasteiger partial charge in [0.1, 0.15) is 0 Å². The monoisotopic (exact) mass is 205 g/mol. The predicted molar refractivity (Wildman–Crippen MR) is 67.1 cm³/mol. The largest absolute Gasteiger partial charge is 0.355 e. The Morgan fingerprint density at radius 2 is 2.06 bits per heavy atom. The summed E-state index contributed by atoms with van der Waals surface area (Å²) < 4.78 is 0. The highest BCUT2D eigenvalue weighted by atomic mass is 14.9. The van der Waals surface area contributed by atoms with Gasteiger partial charge in [-0.05, 0) is 40.6 Å². The third-order valence-electron chi connectivity index (χ3n) is 3.42. The van der Waals surface area contributed by atoms with Crippen LogP contribution in [0.2, 0.25) is 0 Å². The van der Waals surface area contributed by atoms with Crippen molar-refractivity contribution in [3.05, 3.63) is 64.2 Å². The lowest BCUT2D eigenvalue weighted by atomic mass is 9.95. The first-order chi connectivity index (χ1) is 7.92. The van der Waals surface area contributed by atoms with Crippen LogP contribution in [0.5, 0.6) is 0 Å². The van der Waals surface area contributed by atoms with E-state index in [2.05, 4.69) is 53.9 Å². The van der Waals surface area contributed by atoms with Gasteiger partial charge in [-0.25, -0.2) is 0 Å². The van der Waals surface area contributed by atoms with Crippen molar-refractivity contribution in [1.29, 1.82) is 0 Å². The van der Waals surface area contributed by atoms with Crippen molar-refractivity contribution in [1.82, 2.24) is 0 Å². The molecule has 76 valence electrons. The molecule has 3 aliphatic rings. The predicted octanol–water partition coefficient (Wildman–Crippen LogP) is 1.83. The summed E-state index contributed by atoms with van der Waals surface area (Å²) in [4.78, 5) is 0. The van der Waals surface area contributed by atoms with E-state index in [1.54, 1.807) is 0 Å². The van der Waals surface area contributed by atoms with E-state index in [4.69, 9.17) is 0 Å². The highest BCUT2D eigenvalue weighted by Crippen LogP contribution is 2.30. The fourth-order valence-corrected chi connectivity index (χ4v) is 2.64. The summed E-state index contributed by atoms with van der Waals surface area (Å²) in [5.74, 6) is 0. The smallest absolute Gasteiger partial charge is 0.0461 e. The second kappa shape index (κ2) is 2.76. The maximum Gasteiger partial charge on any atom is 0.0461 e. The first-order valence-electron chi connectivity index (χ1n) is 5.62. The summed E-state index contributed by atoms with van der Waals surface area (Å²) >= 11 is 0. The van der Waals surface area contributed by atoms with Crippen LogP contribution in [0.3, 0.4) is 0 Å². The SMILES string of the molecule is C1=CCC2=c3cc4ccc3=CC=C(N4)C2=C1. The molecule has 4 rings (SSSR count). The zero-order valence-corrected chi connectivity index (χ0v) is 8.83. The molecule has 0 saturated carbocycles. The molecule has 0 amide bonds. The zero-order valence-electron chi connectivity index (χ0n) is 8.83. The van der Waals surface area contributed by atoms with Crippen LogP contribution in [0.1, 0.15) is 6.42 Å². The van der Waals surface area contributed by atoms with Crippen LogP contribution in [-0.4, -0.2) is 0 Å². The Labute approximate surface area is 93.8 Å². The van der Waals surface area contributed by atoms with E-state index in [0.29, 0.717) is 0 Å². The Morgan fingerprint density at radius 1 is 1.06 bits per heavy atom. The van der Waals surface area contributed by atoms with Gasteiger partial charge in [0.05, 0.1) is 0 Å². The van der Waals surface area contributed by atoms with Crippen LogP contribution in [-0.2, 0) is 0 Å². The molecule has 0 saturated heterocycles. The standard InChI is InChI=1S/C15H11N/c1-2-4-13-12(3-1)14-9-11-7-5-10(14)6-8-15(13)16-11/h1-2,4-9,16H,3H2. The van der Waals surface area contributed by atoms with E-state index in [-0.39, 0.29) is 0 Å². The fraction of sp³-hybridized carbons (Fsp3) is 0.0667. The highest BCUT2D eigenvalue weighted by Gasteiger charge is 2.18. The lowest BCUT2D eigenvalue weighted by Crippen LogP contribution is -2.26. The van der Waals surface area contributed by atoms with Crippen LogP contribution >= 0.6 is 0 Å². The van der Waals surface area contributed by atoms with E-state index in [1.807, 2.05) is 0 Å². The number of hydrogen-bond acceptors (Lipinski definition) is 1. The average Bonchev–Trinajstić information content (AvgIpc) is 2.51. The minimum Gasteiger partial charge on any atom is -0.355 e. The van der Waals surface area contributed by atoms with Gasteiger partial charge in [0.2, 0.25) is 0 Å². The Bertz CT molecular complexity index is 699. The van der Waals surface area contributed by atoms with Crippen molar-refractivity contribution in [2.24, 2.45) is 0 Å². The van der Waals surface area contributed by atoms with E-state index >= 15 is 0 Å². The molecule has 0 radical (unpaired) electrons. The van der Waals surface area contributed by atoms with Crippen molar-refractivity contribution >= 4 is 17.3 Å². The summed E-state index contributed by atoms with van der Waals surface area (Å²) in [6, 6.07) is 6.60. The molecule has 3 bridgehead atoms. The zero-order chi connectivity index (χ0) is 10.5. The minimum atomic E-state index is 1.04. The van der Waals surface area contributed by atoms with E-state index in [9.17, 15) is 0 Å². The van der Waals surface area contributed by atoms with Gasteiger partial charge in [-0.3, -0.25) is 0 Å². The van der Waals surface area contributed by atoms with Crippen LogP contribution in [0.15, 0.2) is 53.8 Å². The van der Waals surface area contributed by atoms with Crippen molar-refractivity contribution < 1.29 is 0 Å². The number of anilines is 1. The second-order valence-corrected chi connectivity index (χ2v) is 4.37. The maximum absolute atomic E-state index is 3.48. The first kappa shape index (κ1) is 8.17. The maximum atomic E-state index is 3.48. The molecule has 0 atom stereocenters. The molecule has 1 aliphatic heterocycles. The van der Waals surface area contributed by atoms with Crippen LogP contribution in [0.25, 0.3) is 11.6 Å². The van der Waals surface area contributed by atoms with Gasteiger partial charge in [0.15, 0.2) is 0 Å². The topological polar surface area (TPSA) is 12.0 Å². The third-order valence-corrected chi connectivity index (χ3v) is 3.42. The van der Waals surface area contributed by atoms with Gasteiger partial charge < -0.3 is 5.32 Å². The number of hydrogen-bond donors (Lipinski definition) is 1. The molecule has 1 heterocycles. The molecule has 0 fully saturated rings. The molecule has 0 spiro atoms. The van der Waals surface area contributed by atoms with Gasteiger partial charge in [-0.15, -0.1) is 0 Å². The minimum absolute atomic E-state index is 1.04. The third kappa shape index (κ3) is 0.951. The number of fused-ring (bicyclic) bond motifs is 1. The number of nitrogens with one attached hydrogen (secondary N) is 1. The number of rotatable bonds is 0. The van der Waals surface area contributed by atoms with Gasteiger partial charge >= 0.3 is 0 Å². The van der Waals surface area contributed by atoms with Crippen LogP contribution < -0.4 is 15.8 Å². The second-order valence-electron chi connectivity index (χ2n) is 4.37. The molecule has 0 aromatic heterocycles. The van der Waals surface area contributed by atoms with Gasteiger partial charge in [-0.1, -0.05) is 30.4 Å². The summed E-state index contributed by atoms with van der Waals surface area (Å²) in [6.45, 7) is 0. The number of benzene rings is 1. The lowest BCUT2D eigenvalue weighted by Gasteiger charge is -2.15. The molecule has 1 aromatic carbocycles. The van der Waals surface area contributed by atoms with Crippen molar-refractivity contribution in [3.8, 4) is 0 Å². The van der Waals surface area contributed by atoms with Crippen LogP contribution in [0, 0.1) is 0 Å². The lowest BCUT2D eigenvalue weighted by molar-refractivity contribution is 1.31. The fourth-order valence-electron chi connectivity index (χ4n) is 2.64. The highest BCUT2D eigenvalue weighted by molar-refractivity contribution is 5.82. The van der Waals surface area contributed by atoms with Crippen molar-refractivity contribution in [2.45, 2.75) is 6.42 Å².